The van der Waals surface area contributed by atoms with Crippen LogP contribution in [0.4, 0.5) is 5.69 Å². The Bertz CT molecular complexity index is 605. The molecule has 0 saturated carbocycles. The largest absolute Gasteiger partial charge is 0.380 e. The van der Waals surface area contributed by atoms with Crippen LogP contribution in [0, 0.1) is 13.8 Å². The van der Waals surface area contributed by atoms with Crippen molar-refractivity contribution in [3.05, 3.63) is 64.7 Å². The summed E-state index contributed by atoms with van der Waals surface area (Å²) < 4.78 is 0. The molecule has 0 unspecified atom stereocenters. The van der Waals surface area contributed by atoms with E-state index >= 15 is 0 Å². The summed E-state index contributed by atoms with van der Waals surface area (Å²) in [6, 6.07) is 13.9. The monoisotopic (exact) mass is 254 g/mol. The zero-order valence-corrected chi connectivity index (χ0v) is 11.2. The predicted molar refractivity (Wildman–Crippen MR) is 78.2 cm³/mol. The molecule has 0 saturated heterocycles. The molecule has 0 aliphatic heterocycles. The number of anilines is 1. The van der Waals surface area contributed by atoms with E-state index in [2.05, 4.69) is 30.4 Å². The molecule has 0 spiro atoms. The van der Waals surface area contributed by atoms with E-state index in [4.69, 9.17) is 5.73 Å². The van der Waals surface area contributed by atoms with Gasteiger partial charge in [-0.25, -0.2) is 0 Å². The van der Waals surface area contributed by atoms with E-state index < -0.39 is 5.91 Å². The molecule has 2 aromatic rings. The van der Waals surface area contributed by atoms with E-state index in [0.717, 1.165) is 11.3 Å². The fraction of sp³-hybridized carbons (Fsp3) is 0.188. The highest BCUT2D eigenvalue weighted by molar-refractivity contribution is 5.99. The predicted octanol–water partition coefficient (Wildman–Crippen LogP) is 3.01. The van der Waals surface area contributed by atoms with Gasteiger partial charge in [0.15, 0.2) is 0 Å². The number of nitrogens with one attached hydrogen (secondary N) is 1. The highest BCUT2D eigenvalue weighted by atomic mass is 16.1. The van der Waals surface area contributed by atoms with E-state index in [1.807, 2.05) is 31.2 Å². The van der Waals surface area contributed by atoms with Crippen molar-refractivity contribution in [3.63, 3.8) is 0 Å². The number of carbonyl (C=O) groups excluding carboxylic acids is 1. The molecule has 19 heavy (non-hydrogen) atoms. The summed E-state index contributed by atoms with van der Waals surface area (Å²) in [5.74, 6) is -0.398. The molecule has 0 aromatic heterocycles. The third kappa shape index (κ3) is 3.13. The Morgan fingerprint density at radius 2 is 1.89 bits per heavy atom. The number of carbonyl (C=O) groups is 1. The lowest BCUT2D eigenvalue weighted by molar-refractivity contribution is 0.100. The smallest absolute Gasteiger partial charge is 0.251 e. The molecule has 0 aliphatic carbocycles. The number of hydrogen-bond donors (Lipinski definition) is 2. The first-order chi connectivity index (χ1) is 9.08. The molecule has 0 bridgehead atoms. The summed E-state index contributed by atoms with van der Waals surface area (Å²) in [5.41, 5.74) is 10.1. The molecule has 3 nitrogen and oxygen atoms in total. The maximum atomic E-state index is 11.5. The van der Waals surface area contributed by atoms with Crippen molar-refractivity contribution in [2.75, 3.05) is 5.32 Å². The molecular weight excluding hydrogens is 236 g/mol. The number of rotatable bonds is 4. The fourth-order valence-corrected chi connectivity index (χ4v) is 2.16. The molecule has 1 amide bonds. The van der Waals surface area contributed by atoms with Crippen LogP contribution in [-0.4, -0.2) is 5.91 Å². The molecule has 2 aromatic carbocycles. The summed E-state index contributed by atoms with van der Waals surface area (Å²) in [4.78, 5) is 11.5. The van der Waals surface area contributed by atoms with Crippen molar-refractivity contribution in [1.29, 1.82) is 0 Å². The number of amides is 1. The number of primary amides is 1. The second-order valence-corrected chi connectivity index (χ2v) is 4.70. The Morgan fingerprint density at radius 3 is 2.58 bits per heavy atom. The van der Waals surface area contributed by atoms with Crippen LogP contribution in [0.1, 0.15) is 27.0 Å². The average molecular weight is 254 g/mol. The Labute approximate surface area is 113 Å². The quantitative estimate of drug-likeness (QED) is 0.881. The number of benzene rings is 2. The highest BCUT2D eigenvalue weighted by Gasteiger charge is 2.10. The van der Waals surface area contributed by atoms with Gasteiger partial charge in [-0.05, 0) is 31.0 Å². The SMILES string of the molecule is Cc1cccc(CNc2cccc(C)c2C(N)=O)c1. The van der Waals surface area contributed by atoms with Gasteiger partial charge < -0.3 is 11.1 Å². The zero-order chi connectivity index (χ0) is 13.8. The highest BCUT2D eigenvalue weighted by Crippen LogP contribution is 2.19. The second-order valence-electron chi connectivity index (χ2n) is 4.70. The second kappa shape index (κ2) is 5.57. The van der Waals surface area contributed by atoms with Crippen molar-refractivity contribution < 1.29 is 4.79 Å². The lowest BCUT2D eigenvalue weighted by Crippen LogP contribution is -2.16. The van der Waals surface area contributed by atoms with Gasteiger partial charge in [0.1, 0.15) is 0 Å². The minimum absolute atomic E-state index is 0.398. The Hall–Kier alpha value is -2.29. The van der Waals surface area contributed by atoms with Crippen LogP contribution < -0.4 is 11.1 Å². The number of nitrogens with two attached hydrogens (primary N) is 1. The van der Waals surface area contributed by atoms with E-state index in [1.54, 1.807) is 0 Å². The van der Waals surface area contributed by atoms with Crippen molar-refractivity contribution in [2.24, 2.45) is 5.73 Å². The van der Waals surface area contributed by atoms with Crippen LogP contribution in [-0.2, 0) is 6.54 Å². The summed E-state index contributed by atoms with van der Waals surface area (Å²) in [6.07, 6.45) is 0. The van der Waals surface area contributed by atoms with Gasteiger partial charge in [0, 0.05) is 12.2 Å². The lowest BCUT2D eigenvalue weighted by atomic mass is 10.1. The van der Waals surface area contributed by atoms with Crippen molar-refractivity contribution in [1.82, 2.24) is 0 Å². The van der Waals surface area contributed by atoms with Crippen molar-refractivity contribution in [2.45, 2.75) is 20.4 Å². The average Bonchev–Trinajstić information content (AvgIpc) is 2.36. The van der Waals surface area contributed by atoms with Gasteiger partial charge >= 0.3 is 0 Å². The van der Waals surface area contributed by atoms with Gasteiger partial charge in [0.2, 0.25) is 0 Å². The van der Waals surface area contributed by atoms with Crippen LogP contribution >= 0.6 is 0 Å². The van der Waals surface area contributed by atoms with E-state index in [9.17, 15) is 4.79 Å². The van der Waals surface area contributed by atoms with E-state index in [-0.39, 0.29) is 0 Å². The maximum absolute atomic E-state index is 11.5. The fourth-order valence-electron chi connectivity index (χ4n) is 2.16. The van der Waals surface area contributed by atoms with Gasteiger partial charge in [-0.15, -0.1) is 0 Å². The molecule has 0 heterocycles. The van der Waals surface area contributed by atoms with Crippen LogP contribution in [0.3, 0.4) is 0 Å². The molecule has 0 atom stereocenters. The molecule has 2 rings (SSSR count). The van der Waals surface area contributed by atoms with Gasteiger partial charge in [0.25, 0.3) is 5.91 Å². The van der Waals surface area contributed by atoms with E-state index in [0.29, 0.717) is 12.1 Å². The third-order valence-corrected chi connectivity index (χ3v) is 3.08. The molecular formula is C16H18N2O. The Balaban J connectivity index is 2.20. The maximum Gasteiger partial charge on any atom is 0.251 e. The van der Waals surface area contributed by atoms with Gasteiger partial charge in [0.05, 0.1) is 5.56 Å². The summed E-state index contributed by atoms with van der Waals surface area (Å²) in [6.45, 7) is 4.62. The van der Waals surface area contributed by atoms with Crippen molar-refractivity contribution >= 4 is 11.6 Å². The first kappa shape index (κ1) is 13.1. The van der Waals surface area contributed by atoms with E-state index in [1.165, 1.54) is 11.1 Å². The van der Waals surface area contributed by atoms with Gasteiger partial charge in [-0.2, -0.15) is 0 Å². The standard InChI is InChI=1S/C16H18N2O/c1-11-5-3-7-13(9-11)10-18-14-8-4-6-12(2)15(14)16(17)19/h3-9,18H,10H2,1-2H3,(H2,17,19). The summed E-state index contributed by atoms with van der Waals surface area (Å²) in [7, 11) is 0. The molecule has 0 fully saturated rings. The van der Waals surface area contributed by atoms with Crippen LogP contribution in [0.2, 0.25) is 0 Å². The molecule has 98 valence electrons. The Morgan fingerprint density at radius 1 is 1.16 bits per heavy atom. The minimum Gasteiger partial charge on any atom is -0.380 e. The first-order valence-electron chi connectivity index (χ1n) is 6.27. The first-order valence-corrected chi connectivity index (χ1v) is 6.27. The van der Waals surface area contributed by atoms with Crippen LogP contribution in [0.25, 0.3) is 0 Å². The van der Waals surface area contributed by atoms with Gasteiger partial charge in [-0.1, -0.05) is 42.0 Å². The topological polar surface area (TPSA) is 55.1 Å². The zero-order valence-electron chi connectivity index (χ0n) is 11.2. The number of hydrogen-bond acceptors (Lipinski definition) is 2. The molecule has 0 radical (unpaired) electrons. The van der Waals surface area contributed by atoms with Crippen LogP contribution in [0.15, 0.2) is 42.5 Å². The normalized spacial score (nSPS) is 10.2. The third-order valence-electron chi connectivity index (χ3n) is 3.08. The minimum atomic E-state index is -0.398. The number of aryl methyl sites for hydroxylation is 2. The molecule has 3 heteroatoms. The molecule has 0 aliphatic rings. The molecule has 3 N–H and O–H groups in total. The van der Waals surface area contributed by atoms with Gasteiger partial charge in [-0.3, -0.25) is 4.79 Å². The van der Waals surface area contributed by atoms with Crippen molar-refractivity contribution in [3.8, 4) is 0 Å². The lowest BCUT2D eigenvalue weighted by Gasteiger charge is -2.12. The summed E-state index contributed by atoms with van der Waals surface area (Å²) in [5, 5.41) is 3.28. The summed E-state index contributed by atoms with van der Waals surface area (Å²) >= 11 is 0. The Kier molecular flexibility index (Phi) is 3.85. The van der Waals surface area contributed by atoms with Crippen LogP contribution in [0.5, 0.6) is 0 Å².